The van der Waals surface area contributed by atoms with Crippen LogP contribution in [0.15, 0.2) is 42.9 Å². The molecule has 2 rings (SSSR count). The number of pyridine rings is 2. The first kappa shape index (κ1) is 10.3. The molecule has 0 atom stereocenters. The minimum atomic E-state index is -0.494. The van der Waals surface area contributed by atoms with Crippen molar-refractivity contribution in [1.82, 2.24) is 9.97 Å². The molecule has 0 bridgehead atoms. The van der Waals surface area contributed by atoms with Crippen molar-refractivity contribution in [2.45, 2.75) is 6.92 Å². The lowest BCUT2D eigenvalue weighted by Crippen LogP contribution is -2.05. The van der Waals surface area contributed by atoms with Crippen molar-refractivity contribution in [3.8, 4) is 0 Å². The topological polar surface area (TPSA) is 52.1 Å². The standard InChI is InChI=1S/C12H10N2O2/c1-8(2)16-12(15)11-4-3-9-7-13-6-5-10(9)14-11/h3-7H,1H2,2H3. The van der Waals surface area contributed by atoms with Crippen LogP contribution < -0.4 is 0 Å². The Kier molecular flexibility index (Phi) is 2.64. The van der Waals surface area contributed by atoms with Crippen molar-refractivity contribution in [2.75, 3.05) is 0 Å². The largest absolute Gasteiger partial charge is 0.427 e. The zero-order valence-corrected chi connectivity index (χ0v) is 8.80. The van der Waals surface area contributed by atoms with Crippen LogP contribution in [-0.2, 0) is 4.74 Å². The number of nitrogens with zero attached hydrogens (tertiary/aromatic N) is 2. The zero-order chi connectivity index (χ0) is 11.5. The number of fused-ring (bicyclic) bond motifs is 1. The van der Waals surface area contributed by atoms with Crippen molar-refractivity contribution < 1.29 is 9.53 Å². The second kappa shape index (κ2) is 4.10. The number of esters is 1. The highest BCUT2D eigenvalue weighted by atomic mass is 16.5. The Morgan fingerprint density at radius 3 is 2.94 bits per heavy atom. The maximum atomic E-state index is 11.5. The van der Waals surface area contributed by atoms with Gasteiger partial charge < -0.3 is 4.74 Å². The van der Waals surface area contributed by atoms with Gasteiger partial charge in [0.05, 0.1) is 11.3 Å². The number of hydrogen-bond donors (Lipinski definition) is 0. The third-order valence-electron chi connectivity index (χ3n) is 1.97. The molecule has 0 aromatic carbocycles. The van der Waals surface area contributed by atoms with Gasteiger partial charge in [-0.25, -0.2) is 9.78 Å². The van der Waals surface area contributed by atoms with Gasteiger partial charge in [-0.3, -0.25) is 4.98 Å². The van der Waals surface area contributed by atoms with Gasteiger partial charge >= 0.3 is 5.97 Å². The Hall–Kier alpha value is -2.23. The van der Waals surface area contributed by atoms with Crippen molar-refractivity contribution >= 4 is 16.9 Å². The fourth-order valence-corrected chi connectivity index (χ4v) is 1.29. The van der Waals surface area contributed by atoms with Gasteiger partial charge in [0.1, 0.15) is 5.69 Å². The number of carbonyl (C=O) groups excluding carboxylic acids is 1. The molecule has 80 valence electrons. The van der Waals surface area contributed by atoms with Gasteiger partial charge in [0.2, 0.25) is 0 Å². The van der Waals surface area contributed by atoms with Gasteiger partial charge in [0, 0.05) is 17.8 Å². The Labute approximate surface area is 92.6 Å². The smallest absolute Gasteiger partial charge is 0.361 e. The Morgan fingerprint density at radius 1 is 1.38 bits per heavy atom. The minimum absolute atomic E-state index is 0.265. The van der Waals surface area contributed by atoms with E-state index in [0.29, 0.717) is 11.3 Å². The number of allylic oxidation sites excluding steroid dienone is 1. The van der Waals surface area contributed by atoms with Crippen LogP contribution in [0.25, 0.3) is 10.9 Å². The van der Waals surface area contributed by atoms with E-state index in [1.165, 1.54) is 0 Å². The van der Waals surface area contributed by atoms with Crippen molar-refractivity contribution in [2.24, 2.45) is 0 Å². The van der Waals surface area contributed by atoms with Gasteiger partial charge in [-0.2, -0.15) is 0 Å². The average Bonchev–Trinajstić information content (AvgIpc) is 2.27. The fraction of sp³-hybridized carbons (Fsp3) is 0.0833. The molecule has 4 nitrogen and oxygen atoms in total. The molecule has 0 aliphatic rings. The predicted molar refractivity (Wildman–Crippen MR) is 59.8 cm³/mol. The molecule has 0 N–H and O–H groups in total. The lowest BCUT2D eigenvalue weighted by atomic mass is 10.2. The summed E-state index contributed by atoms with van der Waals surface area (Å²) in [5.41, 5.74) is 0.980. The quantitative estimate of drug-likeness (QED) is 0.568. The van der Waals surface area contributed by atoms with E-state index in [1.54, 1.807) is 37.5 Å². The van der Waals surface area contributed by atoms with Gasteiger partial charge in [-0.15, -0.1) is 0 Å². The van der Waals surface area contributed by atoms with Crippen LogP contribution in [0, 0.1) is 0 Å². The summed E-state index contributed by atoms with van der Waals surface area (Å²) in [5.74, 6) is -0.146. The van der Waals surface area contributed by atoms with Crippen molar-refractivity contribution in [3.63, 3.8) is 0 Å². The highest BCUT2D eigenvalue weighted by molar-refractivity contribution is 5.91. The molecule has 0 saturated heterocycles. The lowest BCUT2D eigenvalue weighted by Gasteiger charge is -2.03. The summed E-state index contributed by atoms with van der Waals surface area (Å²) in [4.78, 5) is 19.7. The number of ether oxygens (including phenoxy) is 1. The lowest BCUT2D eigenvalue weighted by molar-refractivity contribution is 0.0621. The molecule has 0 saturated carbocycles. The van der Waals surface area contributed by atoms with E-state index in [2.05, 4.69) is 16.5 Å². The first-order chi connectivity index (χ1) is 7.66. The van der Waals surface area contributed by atoms with E-state index in [-0.39, 0.29) is 5.69 Å². The Morgan fingerprint density at radius 2 is 2.19 bits per heavy atom. The van der Waals surface area contributed by atoms with Crippen LogP contribution in [0.4, 0.5) is 0 Å². The van der Waals surface area contributed by atoms with E-state index >= 15 is 0 Å². The molecule has 0 unspecified atom stereocenters. The van der Waals surface area contributed by atoms with Crippen LogP contribution in [-0.4, -0.2) is 15.9 Å². The van der Waals surface area contributed by atoms with Crippen molar-refractivity contribution in [3.05, 3.63) is 48.6 Å². The summed E-state index contributed by atoms with van der Waals surface area (Å²) in [7, 11) is 0. The molecular weight excluding hydrogens is 204 g/mol. The van der Waals surface area contributed by atoms with Gasteiger partial charge in [-0.05, 0) is 25.1 Å². The second-order valence-corrected chi connectivity index (χ2v) is 3.36. The van der Waals surface area contributed by atoms with Gasteiger partial charge in [0.25, 0.3) is 0 Å². The van der Waals surface area contributed by atoms with Crippen LogP contribution in [0.2, 0.25) is 0 Å². The summed E-state index contributed by atoms with van der Waals surface area (Å²) in [5, 5.41) is 0.884. The zero-order valence-electron chi connectivity index (χ0n) is 8.80. The molecule has 0 spiro atoms. The number of rotatable bonds is 2. The summed E-state index contributed by atoms with van der Waals surface area (Å²) < 4.78 is 4.87. The second-order valence-electron chi connectivity index (χ2n) is 3.36. The van der Waals surface area contributed by atoms with Crippen LogP contribution in [0.3, 0.4) is 0 Å². The first-order valence-electron chi connectivity index (χ1n) is 4.75. The van der Waals surface area contributed by atoms with E-state index in [1.807, 2.05) is 0 Å². The summed E-state index contributed by atoms with van der Waals surface area (Å²) >= 11 is 0. The molecular formula is C12H10N2O2. The maximum Gasteiger partial charge on any atom is 0.361 e. The van der Waals surface area contributed by atoms with E-state index in [9.17, 15) is 4.79 Å². The fourth-order valence-electron chi connectivity index (χ4n) is 1.29. The minimum Gasteiger partial charge on any atom is -0.427 e. The maximum absolute atomic E-state index is 11.5. The van der Waals surface area contributed by atoms with Crippen LogP contribution >= 0.6 is 0 Å². The summed E-state index contributed by atoms with van der Waals surface area (Å²) in [6, 6.07) is 5.13. The van der Waals surface area contributed by atoms with E-state index < -0.39 is 5.97 Å². The van der Waals surface area contributed by atoms with Gasteiger partial charge in [-0.1, -0.05) is 6.58 Å². The predicted octanol–water partition coefficient (Wildman–Crippen LogP) is 2.32. The van der Waals surface area contributed by atoms with E-state index in [0.717, 1.165) is 5.39 Å². The normalized spacial score (nSPS) is 10.1. The third kappa shape index (κ3) is 2.06. The highest BCUT2D eigenvalue weighted by Gasteiger charge is 2.09. The van der Waals surface area contributed by atoms with E-state index in [4.69, 9.17) is 4.74 Å². The summed E-state index contributed by atoms with van der Waals surface area (Å²) in [6.45, 7) is 5.12. The molecule has 0 amide bonds. The van der Waals surface area contributed by atoms with Crippen LogP contribution in [0.1, 0.15) is 17.4 Å². The van der Waals surface area contributed by atoms with Gasteiger partial charge in [0.15, 0.2) is 0 Å². The Bertz CT molecular complexity index is 564. The SMILES string of the molecule is C=C(C)OC(=O)c1ccc2cnccc2n1. The highest BCUT2D eigenvalue weighted by Crippen LogP contribution is 2.11. The monoisotopic (exact) mass is 214 g/mol. The number of hydrogen-bond acceptors (Lipinski definition) is 4. The molecule has 0 radical (unpaired) electrons. The molecule has 0 fully saturated rings. The molecule has 0 aliphatic heterocycles. The Balaban J connectivity index is 2.39. The van der Waals surface area contributed by atoms with Crippen molar-refractivity contribution in [1.29, 1.82) is 0 Å². The molecule has 16 heavy (non-hydrogen) atoms. The number of aromatic nitrogens is 2. The molecule has 2 heterocycles. The third-order valence-corrected chi connectivity index (χ3v) is 1.97. The number of carbonyl (C=O) groups is 1. The molecule has 2 aromatic heterocycles. The van der Waals surface area contributed by atoms with Crippen LogP contribution in [0.5, 0.6) is 0 Å². The average molecular weight is 214 g/mol. The first-order valence-corrected chi connectivity index (χ1v) is 4.75. The molecule has 2 aromatic rings. The molecule has 4 heteroatoms. The summed E-state index contributed by atoms with van der Waals surface area (Å²) in [6.07, 6.45) is 3.32. The molecule has 0 aliphatic carbocycles.